The molecule has 4 rings (SSSR count). The van der Waals surface area contributed by atoms with Crippen molar-refractivity contribution in [3.63, 3.8) is 0 Å². The molecule has 3 aliphatic rings. The Kier molecular flexibility index (Phi) is 5.64. The van der Waals surface area contributed by atoms with E-state index < -0.39 is 0 Å². The van der Waals surface area contributed by atoms with Crippen LogP contribution in [0.1, 0.15) is 38.2 Å². The van der Waals surface area contributed by atoms with Gasteiger partial charge in [-0.05, 0) is 50.8 Å². The third-order valence-electron chi connectivity index (χ3n) is 6.14. The molecule has 0 spiro atoms. The fraction of sp³-hybridized carbons (Fsp3) is 0.667. The summed E-state index contributed by atoms with van der Waals surface area (Å²) in [6.07, 6.45) is 4.75. The molecule has 2 saturated heterocycles. The first-order valence-corrected chi connectivity index (χ1v) is 10.3. The van der Waals surface area contributed by atoms with Gasteiger partial charge < -0.3 is 15.4 Å². The van der Waals surface area contributed by atoms with Crippen molar-refractivity contribution in [1.82, 2.24) is 15.5 Å². The Morgan fingerprint density at radius 3 is 2.96 bits per heavy atom. The molecule has 1 aromatic carbocycles. The number of rotatable bonds is 6. The molecule has 2 heterocycles. The normalized spacial score (nSPS) is 27.3. The Balaban J connectivity index is 1.34. The van der Waals surface area contributed by atoms with Gasteiger partial charge in [0.15, 0.2) is 5.96 Å². The van der Waals surface area contributed by atoms with Crippen LogP contribution >= 0.6 is 0 Å². The summed E-state index contributed by atoms with van der Waals surface area (Å²) >= 11 is 0. The first-order chi connectivity index (χ1) is 13.2. The zero-order chi connectivity index (χ0) is 18.7. The van der Waals surface area contributed by atoms with E-state index in [0.29, 0.717) is 12.6 Å². The number of ether oxygens (including phenoxy) is 1. The van der Waals surface area contributed by atoms with E-state index in [9.17, 15) is 4.39 Å². The first kappa shape index (κ1) is 18.7. The lowest BCUT2D eigenvalue weighted by Gasteiger charge is -2.35. The largest absolute Gasteiger partial charge is 0.373 e. The van der Waals surface area contributed by atoms with Crippen molar-refractivity contribution in [2.45, 2.75) is 50.2 Å². The summed E-state index contributed by atoms with van der Waals surface area (Å²) in [5, 5.41) is 6.74. The van der Waals surface area contributed by atoms with E-state index in [1.807, 2.05) is 12.1 Å². The molecule has 6 heteroatoms. The number of hydrogen-bond donors (Lipinski definition) is 2. The van der Waals surface area contributed by atoms with E-state index >= 15 is 0 Å². The fourth-order valence-electron chi connectivity index (χ4n) is 4.35. The van der Waals surface area contributed by atoms with Gasteiger partial charge in [0.25, 0.3) is 0 Å². The predicted molar refractivity (Wildman–Crippen MR) is 106 cm³/mol. The number of fused-ring (bicyclic) bond motifs is 1. The van der Waals surface area contributed by atoms with Gasteiger partial charge in [-0.1, -0.05) is 18.2 Å². The number of halogens is 1. The highest BCUT2D eigenvalue weighted by Gasteiger charge is 2.45. The minimum atomic E-state index is -0.127. The van der Waals surface area contributed by atoms with Gasteiger partial charge >= 0.3 is 0 Å². The fourth-order valence-corrected chi connectivity index (χ4v) is 4.35. The number of morpholine rings is 1. The van der Waals surface area contributed by atoms with E-state index in [0.717, 1.165) is 50.6 Å². The molecule has 148 valence electrons. The van der Waals surface area contributed by atoms with Crippen LogP contribution in [0.2, 0.25) is 0 Å². The minimum Gasteiger partial charge on any atom is -0.373 e. The molecule has 0 aromatic heterocycles. The number of nitrogens with one attached hydrogen (secondary N) is 2. The highest BCUT2D eigenvalue weighted by molar-refractivity contribution is 5.79. The third-order valence-corrected chi connectivity index (χ3v) is 6.14. The minimum absolute atomic E-state index is 0.112. The van der Waals surface area contributed by atoms with Crippen LogP contribution in [-0.4, -0.2) is 62.3 Å². The summed E-state index contributed by atoms with van der Waals surface area (Å²) in [4.78, 5) is 7.33. The second-order valence-electron chi connectivity index (χ2n) is 8.08. The maximum absolute atomic E-state index is 14.2. The maximum atomic E-state index is 14.2. The number of guanidine groups is 1. The van der Waals surface area contributed by atoms with Gasteiger partial charge in [-0.15, -0.1) is 0 Å². The average molecular weight is 375 g/mol. The van der Waals surface area contributed by atoms with Crippen molar-refractivity contribution in [3.8, 4) is 0 Å². The molecular weight excluding hydrogens is 343 g/mol. The molecule has 2 N–H and O–H groups in total. The number of benzene rings is 1. The van der Waals surface area contributed by atoms with Gasteiger partial charge in [-0.25, -0.2) is 4.39 Å². The van der Waals surface area contributed by atoms with Gasteiger partial charge in [0, 0.05) is 31.1 Å². The average Bonchev–Trinajstić information content (AvgIpc) is 3.32. The summed E-state index contributed by atoms with van der Waals surface area (Å²) in [5.74, 6) is 0.686. The van der Waals surface area contributed by atoms with Crippen LogP contribution in [0.25, 0.3) is 0 Å². The molecule has 0 bridgehead atoms. The number of hydrogen-bond acceptors (Lipinski definition) is 3. The lowest BCUT2D eigenvalue weighted by atomic mass is 9.95. The van der Waals surface area contributed by atoms with Gasteiger partial charge in [-0.2, -0.15) is 0 Å². The molecule has 2 unspecified atom stereocenters. The number of aliphatic imine (C=N–C) groups is 1. The smallest absolute Gasteiger partial charge is 0.191 e. The van der Waals surface area contributed by atoms with Crippen molar-refractivity contribution in [2.24, 2.45) is 4.99 Å². The molecule has 27 heavy (non-hydrogen) atoms. The van der Waals surface area contributed by atoms with Crippen molar-refractivity contribution >= 4 is 5.96 Å². The van der Waals surface area contributed by atoms with Crippen LogP contribution < -0.4 is 10.6 Å². The highest BCUT2D eigenvalue weighted by atomic mass is 19.1. The van der Waals surface area contributed by atoms with Crippen LogP contribution in [0.15, 0.2) is 29.3 Å². The Morgan fingerprint density at radius 2 is 2.19 bits per heavy atom. The monoisotopic (exact) mass is 374 g/mol. The Bertz CT molecular complexity index is 676. The molecule has 1 aromatic rings. The second kappa shape index (κ2) is 8.15. The summed E-state index contributed by atoms with van der Waals surface area (Å²) in [6, 6.07) is 7.74. The van der Waals surface area contributed by atoms with E-state index in [1.54, 1.807) is 12.1 Å². The topological polar surface area (TPSA) is 48.9 Å². The molecule has 0 amide bonds. The summed E-state index contributed by atoms with van der Waals surface area (Å²) in [7, 11) is 0. The summed E-state index contributed by atoms with van der Waals surface area (Å²) in [6.45, 7) is 7.27. The standard InChI is InChI=1S/C21H31FN4O/c1-2-23-20(24-12-17-13-26-11-5-6-16(26)14-27-17)25-15-21(9-10-21)18-7-3-4-8-19(18)22/h3-4,7-8,16-17H,2,5-6,9-15H2,1H3,(H2,23,24,25). The summed E-state index contributed by atoms with van der Waals surface area (Å²) in [5.41, 5.74) is 0.679. The molecule has 5 nitrogen and oxygen atoms in total. The van der Waals surface area contributed by atoms with Crippen molar-refractivity contribution in [1.29, 1.82) is 0 Å². The van der Waals surface area contributed by atoms with Crippen molar-refractivity contribution < 1.29 is 9.13 Å². The van der Waals surface area contributed by atoms with Crippen LogP contribution in [0, 0.1) is 5.82 Å². The van der Waals surface area contributed by atoms with Crippen LogP contribution in [0.5, 0.6) is 0 Å². The predicted octanol–water partition coefficient (Wildman–Crippen LogP) is 2.28. The van der Waals surface area contributed by atoms with Crippen LogP contribution in [-0.2, 0) is 10.2 Å². The molecular formula is C21H31FN4O. The van der Waals surface area contributed by atoms with Crippen molar-refractivity contribution in [3.05, 3.63) is 35.6 Å². The SMILES string of the molecule is CCNC(=NCC1(c2ccccc2F)CC1)NCC1CN2CCCC2CO1. The van der Waals surface area contributed by atoms with Crippen LogP contribution in [0.3, 0.4) is 0 Å². The summed E-state index contributed by atoms with van der Waals surface area (Å²) < 4.78 is 20.2. The van der Waals surface area contributed by atoms with Gasteiger partial charge in [-0.3, -0.25) is 9.89 Å². The van der Waals surface area contributed by atoms with E-state index in [2.05, 4.69) is 22.5 Å². The molecule has 1 aliphatic carbocycles. The molecule has 2 aliphatic heterocycles. The third kappa shape index (κ3) is 4.27. The number of nitrogens with zero attached hydrogens (tertiary/aromatic N) is 2. The zero-order valence-electron chi connectivity index (χ0n) is 16.2. The van der Waals surface area contributed by atoms with Crippen molar-refractivity contribution in [2.75, 3.05) is 39.3 Å². The van der Waals surface area contributed by atoms with Gasteiger partial charge in [0.1, 0.15) is 5.82 Å². The van der Waals surface area contributed by atoms with Gasteiger partial charge in [0.05, 0.1) is 19.3 Å². The highest BCUT2D eigenvalue weighted by Crippen LogP contribution is 2.49. The van der Waals surface area contributed by atoms with Crippen LogP contribution in [0.4, 0.5) is 4.39 Å². The molecule has 1 saturated carbocycles. The van der Waals surface area contributed by atoms with E-state index in [4.69, 9.17) is 9.73 Å². The molecule has 0 radical (unpaired) electrons. The quantitative estimate of drug-likeness (QED) is 0.592. The van der Waals surface area contributed by atoms with Gasteiger partial charge in [0.2, 0.25) is 0 Å². The van der Waals surface area contributed by atoms with E-state index in [1.165, 1.54) is 19.4 Å². The lowest BCUT2D eigenvalue weighted by Crippen LogP contribution is -2.51. The first-order valence-electron chi connectivity index (χ1n) is 10.3. The van der Waals surface area contributed by atoms with E-state index in [-0.39, 0.29) is 17.3 Å². The molecule has 2 atom stereocenters. The Hall–Kier alpha value is -1.66. The Morgan fingerprint density at radius 1 is 1.33 bits per heavy atom. The second-order valence-corrected chi connectivity index (χ2v) is 8.08. The molecule has 3 fully saturated rings. The zero-order valence-corrected chi connectivity index (χ0v) is 16.2. The maximum Gasteiger partial charge on any atom is 0.191 e. The Labute approximate surface area is 161 Å². The lowest BCUT2D eigenvalue weighted by molar-refractivity contribution is -0.0453.